The van der Waals surface area contributed by atoms with Crippen LogP contribution in [0.3, 0.4) is 0 Å². The Morgan fingerprint density at radius 1 is 0.650 bits per heavy atom. The monoisotopic (exact) mass is 274 g/mol. The highest BCUT2D eigenvalue weighted by atomic mass is 16.4. The summed E-state index contributed by atoms with van der Waals surface area (Å²) < 4.78 is 0. The van der Waals surface area contributed by atoms with E-state index in [0.717, 1.165) is 0 Å². The van der Waals surface area contributed by atoms with E-state index in [0.29, 0.717) is 0 Å². The van der Waals surface area contributed by atoms with Gasteiger partial charge in [0.2, 0.25) is 0 Å². The number of hydrogen-bond acceptors (Lipinski definition) is 4. The van der Waals surface area contributed by atoms with Gasteiger partial charge in [0.25, 0.3) is 0 Å². The predicted molar refractivity (Wildman–Crippen MR) is 75.4 cm³/mol. The van der Waals surface area contributed by atoms with Crippen LogP contribution in [0.4, 0.5) is 0 Å². The molecule has 0 aliphatic heterocycles. The van der Waals surface area contributed by atoms with Crippen molar-refractivity contribution < 1.29 is 20.4 Å². The Morgan fingerprint density at radius 3 is 1.25 bits per heavy atom. The van der Waals surface area contributed by atoms with Gasteiger partial charge in [-0.1, -0.05) is 36.4 Å². The molecule has 0 aromatic heterocycles. The van der Waals surface area contributed by atoms with Crippen LogP contribution in [0.15, 0.2) is 48.5 Å². The summed E-state index contributed by atoms with van der Waals surface area (Å²) in [5, 5.41) is 41.3. The zero-order chi connectivity index (χ0) is 15.0. The van der Waals surface area contributed by atoms with E-state index >= 15 is 0 Å². The minimum Gasteiger partial charge on any atom is -0.508 e. The van der Waals surface area contributed by atoms with Crippen molar-refractivity contribution in [1.82, 2.24) is 0 Å². The average molecular weight is 274 g/mol. The Bertz CT molecular complexity index is 562. The number of rotatable bonds is 3. The first-order chi connectivity index (χ1) is 9.28. The maximum absolute atomic E-state index is 10.8. The summed E-state index contributed by atoms with van der Waals surface area (Å²) in [6.45, 7) is 2.79. The van der Waals surface area contributed by atoms with Crippen LogP contribution in [0.1, 0.15) is 25.0 Å². The molecule has 4 N–H and O–H groups in total. The third-order valence-electron chi connectivity index (χ3n) is 3.80. The molecule has 2 aromatic carbocycles. The van der Waals surface area contributed by atoms with E-state index in [4.69, 9.17) is 0 Å². The Labute approximate surface area is 117 Å². The number of phenolic OH excluding ortho intramolecular Hbond substituents is 2. The molecule has 0 radical (unpaired) electrons. The van der Waals surface area contributed by atoms with Gasteiger partial charge in [-0.05, 0) is 26.0 Å². The molecule has 0 amide bonds. The van der Waals surface area contributed by atoms with Crippen LogP contribution in [-0.2, 0) is 11.2 Å². The Morgan fingerprint density at radius 2 is 0.950 bits per heavy atom. The number of hydrogen-bond donors (Lipinski definition) is 4. The van der Waals surface area contributed by atoms with Crippen LogP contribution in [0.25, 0.3) is 0 Å². The van der Waals surface area contributed by atoms with E-state index in [9.17, 15) is 20.4 Å². The summed E-state index contributed by atoms with van der Waals surface area (Å²) in [7, 11) is 0. The van der Waals surface area contributed by atoms with Crippen LogP contribution in [0.2, 0.25) is 0 Å². The molecule has 4 nitrogen and oxygen atoms in total. The SMILES string of the molecule is CC(O)(c1ccccc1O)C(C)(O)c1ccccc1O. The summed E-state index contributed by atoms with van der Waals surface area (Å²) in [6, 6.07) is 12.5. The summed E-state index contributed by atoms with van der Waals surface area (Å²) >= 11 is 0. The second-order valence-corrected chi connectivity index (χ2v) is 5.18. The van der Waals surface area contributed by atoms with E-state index in [-0.39, 0.29) is 22.6 Å². The first kappa shape index (κ1) is 14.4. The van der Waals surface area contributed by atoms with Crippen LogP contribution in [0.5, 0.6) is 11.5 Å². The molecular weight excluding hydrogens is 256 g/mol. The van der Waals surface area contributed by atoms with Crippen LogP contribution >= 0.6 is 0 Å². The van der Waals surface area contributed by atoms with E-state index in [1.165, 1.54) is 38.1 Å². The van der Waals surface area contributed by atoms with E-state index < -0.39 is 11.2 Å². The highest BCUT2D eigenvalue weighted by molar-refractivity contribution is 5.44. The highest BCUT2D eigenvalue weighted by Crippen LogP contribution is 2.45. The lowest BCUT2D eigenvalue weighted by atomic mass is 9.75. The second kappa shape index (κ2) is 4.81. The van der Waals surface area contributed by atoms with Gasteiger partial charge in [-0.25, -0.2) is 0 Å². The normalized spacial score (nSPS) is 17.2. The molecule has 0 saturated carbocycles. The van der Waals surface area contributed by atoms with Gasteiger partial charge in [-0.3, -0.25) is 0 Å². The zero-order valence-electron chi connectivity index (χ0n) is 11.4. The van der Waals surface area contributed by atoms with Gasteiger partial charge in [0.15, 0.2) is 0 Å². The van der Waals surface area contributed by atoms with Crippen molar-refractivity contribution in [2.24, 2.45) is 0 Å². The van der Waals surface area contributed by atoms with Gasteiger partial charge < -0.3 is 20.4 Å². The summed E-state index contributed by atoms with van der Waals surface area (Å²) in [4.78, 5) is 0. The van der Waals surface area contributed by atoms with Crippen molar-refractivity contribution in [1.29, 1.82) is 0 Å². The molecule has 2 rings (SSSR count). The molecule has 2 atom stereocenters. The third kappa shape index (κ3) is 2.13. The van der Waals surface area contributed by atoms with E-state index in [1.807, 2.05) is 0 Å². The van der Waals surface area contributed by atoms with Crippen LogP contribution < -0.4 is 0 Å². The number of benzene rings is 2. The van der Waals surface area contributed by atoms with Crippen LogP contribution in [0, 0.1) is 0 Å². The maximum atomic E-state index is 10.8. The van der Waals surface area contributed by atoms with Gasteiger partial charge >= 0.3 is 0 Å². The van der Waals surface area contributed by atoms with E-state index in [2.05, 4.69) is 0 Å². The molecular formula is C16H18O4. The Hall–Kier alpha value is -2.04. The van der Waals surface area contributed by atoms with Crippen LogP contribution in [-0.4, -0.2) is 20.4 Å². The Balaban J connectivity index is 2.58. The van der Waals surface area contributed by atoms with E-state index in [1.54, 1.807) is 24.3 Å². The number of phenols is 2. The number of aliphatic hydroxyl groups is 2. The van der Waals surface area contributed by atoms with Crippen molar-refractivity contribution in [2.45, 2.75) is 25.0 Å². The number of aromatic hydroxyl groups is 2. The Kier molecular flexibility index (Phi) is 3.46. The summed E-state index contributed by atoms with van der Waals surface area (Å²) in [5.41, 5.74) is -3.18. The third-order valence-corrected chi connectivity index (χ3v) is 3.80. The minimum atomic E-state index is -1.78. The molecule has 2 aromatic rings. The molecule has 0 spiro atoms. The van der Waals surface area contributed by atoms with Gasteiger partial charge in [0, 0.05) is 11.1 Å². The standard InChI is InChI=1S/C16H18O4/c1-15(19,11-7-3-5-9-13(11)17)16(2,20)12-8-4-6-10-14(12)18/h3-10,17-20H,1-2H3. The predicted octanol–water partition coefficient (Wildman–Crippen LogP) is 2.21. The van der Waals surface area contributed by atoms with Gasteiger partial charge in [0.1, 0.15) is 22.7 Å². The van der Waals surface area contributed by atoms with Crippen molar-refractivity contribution in [2.75, 3.05) is 0 Å². The van der Waals surface area contributed by atoms with Crippen molar-refractivity contribution in [3.8, 4) is 11.5 Å². The lowest BCUT2D eigenvalue weighted by Crippen LogP contribution is -2.45. The largest absolute Gasteiger partial charge is 0.508 e. The zero-order valence-corrected chi connectivity index (χ0v) is 11.4. The summed E-state index contributed by atoms with van der Waals surface area (Å²) in [6.07, 6.45) is 0. The quantitative estimate of drug-likeness (QED) is 0.692. The minimum absolute atomic E-state index is 0.117. The number of para-hydroxylation sites is 2. The molecule has 0 fully saturated rings. The first-order valence-corrected chi connectivity index (χ1v) is 6.30. The smallest absolute Gasteiger partial charge is 0.123 e. The lowest BCUT2D eigenvalue weighted by molar-refractivity contribution is -0.144. The highest BCUT2D eigenvalue weighted by Gasteiger charge is 2.47. The molecule has 0 saturated heterocycles. The fourth-order valence-corrected chi connectivity index (χ4v) is 2.30. The molecule has 0 aliphatic rings. The molecule has 20 heavy (non-hydrogen) atoms. The molecule has 2 unspecified atom stereocenters. The summed E-state index contributed by atoms with van der Waals surface area (Å²) in [5.74, 6) is -0.235. The molecule has 0 bridgehead atoms. The first-order valence-electron chi connectivity index (χ1n) is 6.30. The second-order valence-electron chi connectivity index (χ2n) is 5.18. The van der Waals surface area contributed by atoms with Gasteiger partial charge in [0.05, 0.1) is 0 Å². The van der Waals surface area contributed by atoms with Crippen molar-refractivity contribution in [3.63, 3.8) is 0 Å². The van der Waals surface area contributed by atoms with Gasteiger partial charge in [-0.15, -0.1) is 0 Å². The maximum Gasteiger partial charge on any atom is 0.123 e. The lowest BCUT2D eigenvalue weighted by Gasteiger charge is -2.39. The average Bonchev–Trinajstić information content (AvgIpc) is 2.39. The van der Waals surface area contributed by atoms with Crippen molar-refractivity contribution >= 4 is 0 Å². The van der Waals surface area contributed by atoms with Crippen molar-refractivity contribution in [3.05, 3.63) is 59.7 Å². The molecule has 0 aliphatic carbocycles. The topological polar surface area (TPSA) is 80.9 Å². The fraction of sp³-hybridized carbons (Fsp3) is 0.250. The van der Waals surface area contributed by atoms with Gasteiger partial charge in [-0.2, -0.15) is 0 Å². The molecule has 106 valence electrons. The fourth-order valence-electron chi connectivity index (χ4n) is 2.30. The molecule has 4 heteroatoms. The molecule has 0 heterocycles.